The molecule has 16 rings (SSSR count). The van der Waals surface area contributed by atoms with E-state index in [1.807, 2.05) is 40.1 Å². The van der Waals surface area contributed by atoms with Crippen molar-refractivity contribution in [2.24, 2.45) is 0 Å². The molecule has 0 aliphatic carbocycles. The number of methoxy groups -OCH3 is 4. The number of nitrogens with one attached hydrogen (secondary N) is 12. The molecule has 0 radical (unpaired) electrons. The monoisotopic (exact) mass is 1820 g/mol. The van der Waals surface area contributed by atoms with Crippen LogP contribution in [0.25, 0.3) is 44.1 Å². The lowest BCUT2D eigenvalue weighted by molar-refractivity contribution is 0.117. The summed E-state index contributed by atoms with van der Waals surface area (Å²) in [6.45, 7) is 16.0. The van der Waals surface area contributed by atoms with Gasteiger partial charge in [0.25, 0.3) is 0 Å². The molecule has 0 bridgehead atoms. The number of benzene rings is 4. The zero-order valence-corrected chi connectivity index (χ0v) is 76.0. The van der Waals surface area contributed by atoms with Crippen LogP contribution >= 0.6 is 23.2 Å². The summed E-state index contributed by atoms with van der Waals surface area (Å²) < 4.78 is 125. The number of sulfone groups is 2. The Labute approximate surface area is 731 Å². The molecule has 4 aliphatic heterocycles. The van der Waals surface area contributed by atoms with Crippen LogP contribution in [0.2, 0.25) is 10.0 Å². The summed E-state index contributed by atoms with van der Waals surface area (Å²) in [5.41, 5.74) is 6.93. The van der Waals surface area contributed by atoms with E-state index < -0.39 is 39.7 Å². The molecule has 0 spiro atoms. The first-order valence-corrected chi connectivity index (χ1v) is 48.2. The van der Waals surface area contributed by atoms with Crippen molar-refractivity contribution >= 4 is 177 Å². The Bertz CT molecular complexity index is 6290. The number of aromatic amines is 4. The highest BCUT2D eigenvalue weighted by Gasteiger charge is 2.35. The van der Waals surface area contributed by atoms with Crippen LogP contribution in [0.4, 0.5) is 69.8 Å². The van der Waals surface area contributed by atoms with Crippen molar-refractivity contribution in [1.82, 2.24) is 78.2 Å². The van der Waals surface area contributed by atoms with E-state index >= 15 is 0 Å². The molecule has 0 unspecified atom stereocenters. The van der Waals surface area contributed by atoms with Gasteiger partial charge in [-0.05, 0) is 165 Å². The molecule has 4 aromatic carbocycles. The van der Waals surface area contributed by atoms with Gasteiger partial charge in [-0.1, -0.05) is 36.0 Å². The van der Waals surface area contributed by atoms with Gasteiger partial charge in [0, 0.05) is 127 Å². The second kappa shape index (κ2) is 39.6. The van der Waals surface area contributed by atoms with Crippen molar-refractivity contribution in [3.63, 3.8) is 0 Å². The van der Waals surface area contributed by atoms with Gasteiger partial charge in [-0.2, -0.15) is 48.5 Å². The number of aromatic nitrogens is 12. The van der Waals surface area contributed by atoms with E-state index in [1.165, 1.54) is 91.2 Å². The second-order valence-electron chi connectivity index (χ2n) is 30.2. The maximum Gasteiger partial charge on any atom is 0.243 e. The molecule has 12 N–H and O–H groups in total. The number of sulfonamides is 2. The molecule has 42 heteroatoms. The Balaban J connectivity index is 0.000000144. The molecular formula is C82H106Cl2N24O12S4. The average molecular weight is 1820 g/mol. The number of aryl methyl sites for hydroxylation is 2. The Hall–Kier alpha value is -10.8. The van der Waals surface area contributed by atoms with E-state index in [0.29, 0.717) is 175 Å². The van der Waals surface area contributed by atoms with Crippen LogP contribution in [0.5, 0.6) is 23.0 Å². The Kier molecular flexibility index (Phi) is 29.0. The van der Waals surface area contributed by atoms with Crippen molar-refractivity contribution in [2.45, 2.75) is 124 Å². The number of nitrogens with zero attached hydrogens (tertiary/aromatic N) is 12. The highest BCUT2D eigenvalue weighted by atomic mass is 35.5. The molecular weight excluding hydrogens is 1710 g/mol. The van der Waals surface area contributed by atoms with Crippen molar-refractivity contribution in [2.75, 3.05) is 163 Å². The van der Waals surface area contributed by atoms with Gasteiger partial charge in [-0.25, -0.2) is 33.7 Å². The quantitative estimate of drug-likeness (QED) is 0.0239. The third kappa shape index (κ3) is 20.7. The third-order valence-corrected chi connectivity index (χ3v) is 28.7. The number of fused-ring (bicyclic) bond motifs is 4. The van der Waals surface area contributed by atoms with Gasteiger partial charge in [0.05, 0.1) is 102 Å². The van der Waals surface area contributed by atoms with E-state index in [-0.39, 0.29) is 19.6 Å². The Morgan fingerprint density at radius 2 is 0.669 bits per heavy atom. The van der Waals surface area contributed by atoms with E-state index in [1.54, 1.807) is 83.6 Å². The fourth-order valence-electron chi connectivity index (χ4n) is 15.7. The zero-order valence-electron chi connectivity index (χ0n) is 71.2. The van der Waals surface area contributed by atoms with Crippen molar-refractivity contribution in [3.8, 4) is 23.0 Å². The topological polar surface area (TPSA) is 449 Å². The minimum absolute atomic E-state index is 0.183. The summed E-state index contributed by atoms with van der Waals surface area (Å²) in [6.07, 6.45) is 20.4. The number of H-pyrrole nitrogens is 4. The molecule has 124 heavy (non-hydrogen) atoms. The van der Waals surface area contributed by atoms with E-state index in [9.17, 15) is 33.7 Å². The minimum Gasteiger partial charge on any atom is -0.495 e. The maximum atomic E-state index is 13.5. The number of anilines is 12. The molecule has 4 saturated heterocycles. The predicted molar refractivity (Wildman–Crippen MR) is 488 cm³/mol. The van der Waals surface area contributed by atoms with Crippen LogP contribution < -0.4 is 61.5 Å². The third-order valence-electron chi connectivity index (χ3n) is 22.1. The molecule has 12 heterocycles. The van der Waals surface area contributed by atoms with Gasteiger partial charge in [-0.3, -0.25) is 0 Å². The normalized spacial score (nSPS) is 15.5. The highest BCUT2D eigenvalue weighted by Crippen LogP contribution is 2.40. The lowest BCUT2D eigenvalue weighted by Gasteiger charge is -2.39. The lowest BCUT2D eigenvalue weighted by atomic mass is 10.0. The number of piperidine rings is 4. The summed E-state index contributed by atoms with van der Waals surface area (Å²) >= 11 is 12.5. The summed E-state index contributed by atoms with van der Waals surface area (Å²) in [4.78, 5) is 54.2. The first-order valence-electron chi connectivity index (χ1n) is 40.8. The summed E-state index contributed by atoms with van der Waals surface area (Å²) in [5.74, 6) is 5.54. The number of hydrogen-bond acceptors (Lipinski definition) is 30. The number of hydrogen-bond donors (Lipinski definition) is 12. The largest absolute Gasteiger partial charge is 0.495 e. The molecule has 12 aromatic rings. The minimum atomic E-state index is -3.63. The maximum absolute atomic E-state index is 13.5. The smallest absolute Gasteiger partial charge is 0.243 e. The molecule has 8 aromatic heterocycles. The van der Waals surface area contributed by atoms with Gasteiger partial charge in [0.15, 0.2) is 19.7 Å². The van der Waals surface area contributed by atoms with E-state index in [4.69, 9.17) is 42.1 Å². The van der Waals surface area contributed by atoms with Crippen LogP contribution in [0.1, 0.15) is 89.2 Å². The fourth-order valence-corrected chi connectivity index (χ4v) is 20.4. The summed E-state index contributed by atoms with van der Waals surface area (Å²) in [5, 5.41) is 29.3. The summed E-state index contributed by atoms with van der Waals surface area (Å²) in [6, 6.07) is 19.9. The number of ether oxygens (including phenoxy) is 4. The number of likely N-dealkylation sites (tertiary alicyclic amines) is 2. The zero-order chi connectivity index (χ0) is 88.4. The molecule has 0 atom stereocenters. The van der Waals surface area contributed by atoms with Crippen molar-refractivity contribution < 1.29 is 52.6 Å². The van der Waals surface area contributed by atoms with Crippen LogP contribution in [0, 0.1) is 13.8 Å². The Morgan fingerprint density at radius 1 is 0.387 bits per heavy atom. The predicted octanol–water partition coefficient (Wildman–Crippen LogP) is 13.8. The van der Waals surface area contributed by atoms with Crippen LogP contribution in [0.3, 0.4) is 0 Å². The average Bonchev–Trinajstić information content (AvgIpc) is 0.845. The van der Waals surface area contributed by atoms with E-state index in [0.717, 1.165) is 98.6 Å². The Morgan fingerprint density at radius 3 is 0.992 bits per heavy atom. The lowest BCUT2D eigenvalue weighted by Crippen LogP contribution is -2.48. The molecule has 36 nitrogen and oxygen atoms in total. The van der Waals surface area contributed by atoms with Crippen molar-refractivity contribution in [1.29, 1.82) is 0 Å². The standard InChI is InChI=1S/C25H34ClN7O3S.C24H32ClN7O3S.C17H21N5O3S.C16H19N5O3S/c1-3-27-23-22-19(26)16-28-24(22)31-25(30-23)29-20-8-7-18(15-21(20)36-2)37(34,35)33-13-9-17(10-14-33)32-11-5-4-6-12-32;1-26-22-21-18(25)15-27-23(21)30-24(29-22)28-19-7-6-17(14-20(19)35-2)36(33,34)32-12-8-16(9-13-32)31-10-4-3-5-11-31;1-5-18-15-14-10(2)9-19-16(14)22-17(21-15)20-12-7-6-11(26(4,23)24)8-13(12)25-3;1-9-8-18-15-13(9)14(17-2)20-16(21-15)19-11-6-5-10(25(4,22)23)7-12(11)24-3/h7-8,15-17H,3-6,9-14H2,1-2H3,(H3,27,28,29,30,31);6-7,14-16H,3-5,8-13H2,1-2H3,(H3,26,27,28,29,30);6-9H,5H2,1-4H3,(H3,18,19,20,21,22);5-8H,1-4H3,(H3,17,18,19,20,21). The fraction of sp³-hybridized carbons (Fsp3) is 0.415. The van der Waals surface area contributed by atoms with Crippen molar-refractivity contribution in [3.05, 3.63) is 119 Å². The van der Waals surface area contributed by atoms with Gasteiger partial charge in [0.2, 0.25) is 43.8 Å². The highest BCUT2D eigenvalue weighted by molar-refractivity contribution is 7.91. The van der Waals surface area contributed by atoms with Gasteiger partial charge < -0.3 is 91.2 Å². The molecule has 0 amide bonds. The van der Waals surface area contributed by atoms with Gasteiger partial charge in [0.1, 0.15) is 68.9 Å². The van der Waals surface area contributed by atoms with E-state index in [2.05, 4.69) is 112 Å². The van der Waals surface area contributed by atoms with Crippen LogP contribution in [0.15, 0.2) is 117 Å². The molecule has 4 aliphatic rings. The molecule has 4 fully saturated rings. The first-order chi connectivity index (χ1) is 59.5. The van der Waals surface area contributed by atoms with Crippen LogP contribution in [-0.4, -0.2) is 244 Å². The number of rotatable bonds is 26. The summed E-state index contributed by atoms with van der Waals surface area (Å²) in [7, 11) is -4.37. The van der Waals surface area contributed by atoms with Gasteiger partial charge in [-0.15, -0.1) is 0 Å². The first kappa shape index (κ1) is 90.9. The number of halogens is 2. The molecule has 664 valence electrons. The SMILES string of the molecule is CCNc1nc(Nc2ccc(S(=O)(=O)N3CCC(N4CCCCC4)CC3)cc2OC)nc2[nH]cc(Cl)c12.CCNc1nc(Nc2ccc(S(C)(=O)=O)cc2OC)nc2[nH]cc(C)c12.CNc1nc(Nc2ccc(S(=O)(=O)N3CCC(N4CCCCC4)CC3)cc2OC)nc2[nH]cc(Cl)c12.CNc1nc(Nc2ccc(S(C)(=O)=O)cc2OC)nc2[nH]cc(C)c12. The van der Waals surface area contributed by atoms with Crippen LogP contribution in [-0.2, 0) is 39.7 Å². The van der Waals surface area contributed by atoms with Gasteiger partial charge >= 0.3 is 0 Å². The molecule has 0 saturated carbocycles. The second-order valence-corrected chi connectivity index (χ2v) is 38.9.